The van der Waals surface area contributed by atoms with Crippen molar-refractivity contribution in [3.05, 3.63) is 46.8 Å². The van der Waals surface area contributed by atoms with Gasteiger partial charge in [0.2, 0.25) is 0 Å². The molecule has 0 bridgehead atoms. The number of fused-ring (bicyclic) bond motifs is 1. The van der Waals surface area contributed by atoms with Gasteiger partial charge in [-0.15, -0.1) is 0 Å². The predicted octanol–water partition coefficient (Wildman–Crippen LogP) is 2.80. The van der Waals surface area contributed by atoms with Crippen molar-refractivity contribution in [2.75, 3.05) is 19.7 Å². The van der Waals surface area contributed by atoms with Gasteiger partial charge < -0.3 is 15.4 Å². The van der Waals surface area contributed by atoms with Crippen molar-refractivity contribution in [1.82, 2.24) is 20.8 Å². The molecule has 6 nitrogen and oxygen atoms in total. The molecule has 2 aromatic rings. The van der Waals surface area contributed by atoms with E-state index < -0.39 is 0 Å². The van der Waals surface area contributed by atoms with Gasteiger partial charge in [-0.3, -0.25) is 9.89 Å². The lowest BCUT2D eigenvalue weighted by Crippen LogP contribution is -2.37. The van der Waals surface area contributed by atoms with Gasteiger partial charge in [0.25, 0.3) is 5.91 Å². The summed E-state index contributed by atoms with van der Waals surface area (Å²) in [7, 11) is 0. The monoisotopic (exact) mass is 370 g/mol. The van der Waals surface area contributed by atoms with E-state index in [1.165, 1.54) is 0 Å². The zero-order valence-corrected chi connectivity index (χ0v) is 16.7. The largest absolute Gasteiger partial charge is 0.493 e. The molecular weight excluding hydrogens is 340 g/mol. The van der Waals surface area contributed by atoms with Gasteiger partial charge in [0, 0.05) is 42.7 Å². The SMILES string of the molecule is CC(C)COc1ccc(C(C)(C)CNC(=O)c2n[nH]c3c2CNCC3)cc1. The van der Waals surface area contributed by atoms with E-state index in [0.29, 0.717) is 31.3 Å². The number of amides is 1. The van der Waals surface area contributed by atoms with Crippen LogP contribution in [0.2, 0.25) is 0 Å². The minimum atomic E-state index is -0.194. The Kier molecular flexibility index (Phi) is 5.85. The summed E-state index contributed by atoms with van der Waals surface area (Å²) < 4.78 is 5.75. The van der Waals surface area contributed by atoms with Crippen molar-refractivity contribution in [2.45, 2.75) is 46.1 Å². The van der Waals surface area contributed by atoms with Crippen LogP contribution in [0.1, 0.15) is 55.0 Å². The standard InChI is InChI=1S/C21H30N4O2/c1-14(2)12-27-16-7-5-15(6-8-16)21(3,4)13-23-20(26)19-17-11-22-10-9-18(17)24-25-19/h5-8,14,22H,9-13H2,1-4H3,(H,23,26)(H,24,25). The van der Waals surface area contributed by atoms with E-state index in [-0.39, 0.29) is 11.3 Å². The maximum Gasteiger partial charge on any atom is 0.272 e. The third-order valence-electron chi connectivity index (χ3n) is 4.93. The van der Waals surface area contributed by atoms with Crippen LogP contribution >= 0.6 is 0 Å². The van der Waals surface area contributed by atoms with Crippen molar-refractivity contribution in [2.24, 2.45) is 5.92 Å². The first kappa shape index (κ1) is 19.4. The Hall–Kier alpha value is -2.34. The lowest BCUT2D eigenvalue weighted by molar-refractivity contribution is 0.0939. The van der Waals surface area contributed by atoms with E-state index in [9.17, 15) is 4.79 Å². The molecule has 1 aliphatic heterocycles. The number of H-pyrrole nitrogens is 1. The molecule has 27 heavy (non-hydrogen) atoms. The lowest BCUT2D eigenvalue weighted by Gasteiger charge is -2.26. The molecule has 146 valence electrons. The predicted molar refractivity (Wildman–Crippen MR) is 106 cm³/mol. The Morgan fingerprint density at radius 1 is 1.30 bits per heavy atom. The number of carbonyl (C=O) groups excluding carboxylic acids is 1. The number of carbonyl (C=O) groups is 1. The fourth-order valence-corrected chi connectivity index (χ4v) is 3.17. The summed E-state index contributed by atoms with van der Waals surface area (Å²) >= 11 is 0. The number of nitrogens with zero attached hydrogens (tertiary/aromatic N) is 1. The van der Waals surface area contributed by atoms with Crippen LogP contribution in [0, 0.1) is 5.92 Å². The molecule has 3 N–H and O–H groups in total. The van der Waals surface area contributed by atoms with Crippen molar-refractivity contribution in [3.63, 3.8) is 0 Å². The van der Waals surface area contributed by atoms with Crippen LogP contribution < -0.4 is 15.4 Å². The zero-order chi connectivity index (χ0) is 19.4. The van der Waals surface area contributed by atoms with E-state index in [2.05, 4.69) is 60.7 Å². The molecule has 0 aliphatic carbocycles. The second kappa shape index (κ2) is 8.13. The molecule has 1 aliphatic rings. The fraction of sp³-hybridized carbons (Fsp3) is 0.524. The van der Waals surface area contributed by atoms with Gasteiger partial charge in [-0.25, -0.2) is 0 Å². The average Bonchev–Trinajstić information content (AvgIpc) is 3.09. The van der Waals surface area contributed by atoms with Gasteiger partial charge >= 0.3 is 0 Å². The Balaban J connectivity index is 1.61. The fourth-order valence-electron chi connectivity index (χ4n) is 3.17. The molecule has 1 amide bonds. The number of nitrogens with one attached hydrogen (secondary N) is 3. The highest BCUT2D eigenvalue weighted by Gasteiger charge is 2.25. The first-order chi connectivity index (χ1) is 12.9. The normalized spacial score (nSPS) is 14.1. The molecule has 0 radical (unpaired) electrons. The Labute approximate surface area is 161 Å². The van der Waals surface area contributed by atoms with Crippen molar-refractivity contribution < 1.29 is 9.53 Å². The number of aromatic nitrogens is 2. The van der Waals surface area contributed by atoms with Crippen molar-refractivity contribution >= 4 is 5.91 Å². The molecule has 6 heteroatoms. The second-order valence-corrected chi connectivity index (χ2v) is 8.25. The van der Waals surface area contributed by atoms with Gasteiger partial charge in [0.15, 0.2) is 5.69 Å². The quantitative estimate of drug-likeness (QED) is 0.700. The minimum absolute atomic E-state index is 0.124. The van der Waals surface area contributed by atoms with Gasteiger partial charge in [-0.05, 0) is 23.6 Å². The van der Waals surface area contributed by atoms with Crippen LogP contribution in [0.3, 0.4) is 0 Å². The van der Waals surface area contributed by atoms with Gasteiger partial charge in [0.05, 0.1) is 6.61 Å². The van der Waals surface area contributed by atoms with Gasteiger partial charge in [0.1, 0.15) is 5.75 Å². The molecule has 1 aromatic heterocycles. The second-order valence-electron chi connectivity index (χ2n) is 8.25. The van der Waals surface area contributed by atoms with Crippen LogP contribution in [0.5, 0.6) is 5.75 Å². The molecule has 2 heterocycles. The third-order valence-corrected chi connectivity index (χ3v) is 4.93. The highest BCUT2D eigenvalue weighted by atomic mass is 16.5. The number of hydrogen-bond acceptors (Lipinski definition) is 4. The van der Waals surface area contributed by atoms with Crippen LogP contribution in [-0.4, -0.2) is 35.8 Å². The average molecular weight is 370 g/mol. The topological polar surface area (TPSA) is 79.0 Å². The van der Waals surface area contributed by atoms with Gasteiger partial charge in [-0.1, -0.05) is 39.8 Å². The van der Waals surface area contributed by atoms with Crippen molar-refractivity contribution in [3.8, 4) is 5.75 Å². The van der Waals surface area contributed by atoms with Crippen molar-refractivity contribution in [1.29, 1.82) is 0 Å². The number of ether oxygens (including phenoxy) is 1. The number of hydrogen-bond donors (Lipinski definition) is 3. The van der Waals surface area contributed by atoms with E-state index in [0.717, 1.165) is 35.5 Å². The summed E-state index contributed by atoms with van der Waals surface area (Å²) in [6, 6.07) is 8.14. The van der Waals surface area contributed by atoms with Gasteiger partial charge in [-0.2, -0.15) is 5.10 Å². The summed E-state index contributed by atoms with van der Waals surface area (Å²) in [5.74, 6) is 1.25. The summed E-state index contributed by atoms with van der Waals surface area (Å²) in [4.78, 5) is 12.6. The summed E-state index contributed by atoms with van der Waals surface area (Å²) in [5, 5.41) is 13.6. The first-order valence-corrected chi connectivity index (χ1v) is 9.65. The lowest BCUT2D eigenvalue weighted by atomic mass is 9.84. The summed E-state index contributed by atoms with van der Waals surface area (Å²) in [6.45, 7) is 11.4. The molecule has 0 saturated heterocycles. The summed E-state index contributed by atoms with van der Waals surface area (Å²) in [6.07, 6.45) is 0.881. The van der Waals surface area contributed by atoms with Crippen LogP contribution in [0.4, 0.5) is 0 Å². The zero-order valence-electron chi connectivity index (χ0n) is 16.7. The molecular formula is C21H30N4O2. The van der Waals surface area contributed by atoms with Crippen LogP contribution in [0.25, 0.3) is 0 Å². The Morgan fingerprint density at radius 3 is 2.74 bits per heavy atom. The molecule has 0 unspecified atom stereocenters. The van der Waals surface area contributed by atoms with E-state index in [1.807, 2.05) is 12.1 Å². The minimum Gasteiger partial charge on any atom is -0.493 e. The highest BCUT2D eigenvalue weighted by Crippen LogP contribution is 2.25. The smallest absolute Gasteiger partial charge is 0.272 e. The maximum absolute atomic E-state index is 12.6. The van der Waals surface area contributed by atoms with E-state index >= 15 is 0 Å². The summed E-state index contributed by atoms with van der Waals surface area (Å²) in [5.41, 5.74) is 3.52. The van der Waals surface area contributed by atoms with Crippen LogP contribution in [-0.2, 0) is 18.4 Å². The number of rotatable bonds is 7. The molecule has 0 saturated carbocycles. The third kappa shape index (κ3) is 4.69. The molecule has 3 rings (SSSR count). The number of aromatic amines is 1. The molecule has 0 spiro atoms. The molecule has 0 atom stereocenters. The first-order valence-electron chi connectivity index (χ1n) is 9.65. The molecule has 0 fully saturated rings. The highest BCUT2D eigenvalue weighted by molar-refractivity contribution is 5.94. The van der Waals surface area contributed by atoms with E-state index in [1.54, 1.807) is 0 Å². The Bertz CT molecular complexity index is 778. The van der Waals surface area contributed by atoms with E-state index in [4.69, 9.17) is 4.74 Å². The maximum atomic E-state index is 12.6. The van der Waals surface area contributed by atoms with Crippen LogP contribution in [0.15, 0.2) is 24.3 Å². The Morgan fingerprint density at radius 2 is 2.04 bits per heavy atom. The molecule has 1 aromatic carbocycles. The number of benzene rings is 1.